The highest BCUT2D eigenvalue weighted by Gasteiger charge is 2.00. The lowest BCUT2D eigenvalue weighted by Crippen LogP contribution is -2.10. The van der Waals surface area contributed by atoms with Crippen LogP contribution in [0.25, 0.3) is 0 Å². The molecule has 0 saturated heterocycles. The molecule has 0 amide bonds. The van der Waals surface area contributed by atoms with E-state index in [-0.39, 0.29) is 0 Å². The number of nitrogens with one attached hydrogen (secondary N) is 1. The van der Waals surface area contributed by atoms with Gasteiger partial charge >= 0.3 is 0 Å². The molecule has 82 valence electrons. The Hall–Kier alpha value is -1.46. The Bertz CT molecular complexity index is 487. The largest absolute Gasteiger partial charge is 0.308 e. The molecule has 2 rings (SSSR count). The van der Waals surface area contributed by atoms with Crippen LogP contribution in [0.2, 0.25) is 0 Å². The fourth-order valence-electron chi connectivity index (χ4n) is 1.39. The number of benzene rings is 1. The quantitative estimate of drug-likeness (QED) is 0.667. The molecule has 0 spiro atoms. The lowest BCUT2D eigenvalue weighted by atomic mass is 10.1. The third-order valence-electron chi connectivity index (χ3n) is 2.10. The molecule has 1 aromatic carbocycles. The molecule has 0 bridgehead atoms. The van der Waals surface area contributed by atoms with Gasteiger partial charge < -0.3 is 5.43 Å². The first-order valence-electron chi connectivity index (χ1n) is 4.81. The second kappa shape index (κ2) is 5.05. The molecule has 5 heteroatoms. The van der Waals surface area contributed by atoms with Crippen molar-refractivity contribution in [2.75, 3.05) is 5.43 Å². The van der Waals surface area contributed by atoms with Crippen molar-refractivity contribution in [3.63, 3.8) is 0 Å². The number of halogens is 1. The smallest absolute Gasteiger partial charge is 0.143 e. The lowest BCUT2D eigenvalue weighted by molar-refractivity contribution is 0.964. The minimum atomic E-state index is 0.625. The van der Waals surface area contributed by atoms with Crippen molar-refractivity contribution < 1.29 is 0 Å². The third kappa shape index (κ3) is 2.77. The maximum Gasteiger partial charge on any atom is 0.143 e. The molecule has 0 atom stereocenters. The normalized spacial score (nSPS) is 10.1. The van der Waals surface area contributed by atoms with E-state index in [4.69, 9.17) is 5.84 Å². The number of nitrogen functional groups attached to an aromatic ring is 1. The van der Waals surface area contributed by atoms with Crippen LogP contribution in [0, 0.1) is 0 Å². The zero-order chi connectivity index (χ0) is 11.4. The van der Waals surface area contributed by atoms with Gasteiger partial charge in [-0.3, -0.25) is 0 Å². The number of aromatic nitrogens is 2. The van der Waals surface area contributed by atoms with Crippen LogP contribution in [0.5, 0.6) is 0 Å². The van der Waals surface area contributed by atoms with Crippen molar-refractivity contribution in [1.82, 2.24) is 9.97 Å². The van der Waals surface area contributed by atoms with Crippen molar-refractivity contribution in [2.24, 2.45) is 5.84 Å². The van der Waals surface area contributed by atoms with Crippen LogP contribution in [-0.4, -0.2) is 9.97 Å². The number of nitrogens with zero attached hydrogens (tertiary/aromatic N) is 2. The molecular weight excluding hydrogens is 268 g/mol. The molecular formula is C11H11BrN4. The van der Waals surface area contributed by atoms with Gasteiger partial charge in [0.05, 0.1) is 0 Å². The summed E-state index contributed by atoms with van der Waals surface area (Å²) in [5, 5.41) is 0. The summed E-state index contributed by atoms with van der Waals surface area (Å²) in [6.07, 6.45) is 2.38. The molecule has 0 aliphatic carbocycles. The van der Waals surface area contributed by atoms with Crippen LogP contribution in [0.3, 0.4) is 0 Å². The summed E-state index contributed by atoms with van der Waals surface area (Å²) < 4.78 is 1.05. The maximum absolute atomic E-state index is 5.29. The Kier molecular flexibility index (Phi) is 3.48. The van der Waals surface area contributed by atoms with Crippen molar-refractivity contribution >= 4 is 21.7 Å². The molecule has 16 heavy (non-hydrogen) atoms. The van der Waals surface area contributed by atoms with Crippen molar-refractivity contribution in [3.8, 4) is 0 Å². The predicted molar refractivity (Wildman–Crippen MR) is 66.8 cm³/mol. The van der Waals surface area contributed by atoms with E-state index in [2.05, 4.69) is 31.3 Å². The van der Waals surface area contributed by atoms with E-state index in [9.17, 15) is 0 Å². The Labute approximate surface area is 102 Å². The van der Waals surface area contributed by atoms with Crippen LogP contribution < -0.4 is 11.3 Å². The van der Waals surface area contributed by atoms with Gasteiger partial charge in [-0.2, -0.15) is 0 Å². The summed E-state index contributed by atoms with van der Waals surface area (Å²) in [7, 11) is 0. The summed E-state index contributed by atoms with van der Waals surface area (Å²) in [5.74, 6) is 6.66. The topological polar surface area (TPSA) is 63.8 Å². The molecule has 2 aromatic rings. The fraction of sp³-hybridized carbons (Fsp3) is 0.0909. The number of anilines is 1. The van der Waals surface area contributed by atoms with E-state index in [0.29, 0.717) is 12.2 Å². The number of hydrogen-bond donors (Lipinski definition) is 2. The van der Waals surface area contributed by atoms with E-state index in [1.165, 1.54) is 0 Å². The van der Waals surface area contributed by atoms with Gasteiger partial charge in [0, 0.05) is 23.2 Å². The summed E-state index contributed by atoms with van der Waals surface area (Å²) in [6, 6.07) is 9.79. The van der Waals surface area contributed by atoms with Crippen molar-refractivity contribution in [2.45, 2.75) is 6.42 Å². The second-order valence-corrected chi connectivity index (χ2v) is 4.22. The molecule has 0 radical (unpaired) electrons. The number of hydrogen-bond acceptors (Lipinski definition) is 4. The van der Waals surface area contributed by atoms with Crippen LogP contribution >= 0.6 is 15.9 Å². The number of nitrogens with two attached hydrogens (primary N) is 1. The molecule has 3 N–H and O–H groups in total. The molecule has 4 nitrogen and oxygen atoms in total. The average Bonchev–Trinajstić information content (AvgIpc) is 2.29. The van der Waals surface area contributed by atoms with Gasteiger partial charge in [0.2, 0.25) is 0 Å². The summed E-state index contributed by atoms with van der Waals surface area (Å²) in [5.41, 5.74) is 3.66. The zero-order valence-corrected chi connectivity index (χ0v) is 10.1. The van der Waals surface area contributed by atoms with Crippen LogP contribution in [0.4, 0.5) is 5.82 Å². The Morgan fingerprint density at radius 1 is 1.31 bits per heavy atom. The van der Waals surface area contributed by atoms with Gasteiger partial charge in [0.15, 0.2) is 0 Å². The monoisotopic (exact) mass is 278 g/mol. The molecule has 0 aliphatic heterocycles. The third-order valence-corrected chi connectivity index (χ3v) is 2.60. The van der Waals surface area contributed by atoms with Gasteiger partial charge in [-0.15, -0.1) is 0 Å². The van der Waals surface area contributed by atoms with Gasteiger partial charge in [0.25, 0.3) is 0 Å². The lowest BCUT2D eigenvalue weighted by Gasteiger charge is -2.03. The first kappa shape index (κ1) is 11.0. The summed E-state index contributed by atoms with van der Waals surface area (Å²) >= 11 is 3.43. The van der Waals surface area contributed by atoms with Gasteiger partial charge in [0.1, 0.15) is 11.6 Å². The first-order chi connectivity index (χ1) is 7.78. The zero-order valence-electron chi connectivity index (χ0n) is 8.52. The Morgan fingerprint density at radius 3 is 2.94 bits per heavy atom. The maximum atomic E-state index is 5.29. The average molecular weight is 279 g/mol. The van der Waals surface area contributed by atoms with E-state index in [0.717, 1.165) is 15.9 Å². The minimum Gasteiger partial charge on any atom is -0.308 e. The second-order valence-electron chi connectivity index (χ2n) is 3.31. The first-order valence-corrected chi connectivity index (χ1v) is 5.60. The molecule has 0 unspecified atom stereocenters. The predicted octanol–water partition coefficient (Wildman–Crippen LogP) is 2.12. The van der Waals surface area contributed by atoms with Gasteiger partial charge in [-0.25, -0.2) is 15.8 Å². The highest BCUT2D eigenvalue weighted by molar-refractivity contribution is 9.10. The number of hydrazine groups is 1. The van der Waals surface area contributed by atoms with Crippen LogP contribution in [0.1, 0.15) is 11.4 Å². The van der Waals surface area contributed by atoms with E-state index in [1.54, 1.807) is 12.3 Å². The summed E-state index contributed by atoms with van der Waals surface area (Å²) in [6.45, 7) is 0. The van der Waals surface area contributed by atoms with Crippen molar-refractivity contribution in [3.05, 3.63) is 52.4 Å². The summed E-state index contributed by atoms with van der Waals surface area (Å²) in [4.78, 5) is 8.44. The van der Waals surface area contributed by atoms with E-state index in [1.807, 2.05) is 24.3 Å². The van der Waals surface area contributed by atoms with Crippen molar-refractivity contribution in [1.29, 1.82) is 0 Å². The van der Waals surface area contributed by atoms with Gasteiger partial charge in [-0.1, -0.05) is 28.1 Å². The molecule has 0 saturated carbocycles. The molecule has 1 aromatic heterocycles. The Balaban J connectivity index is 2.20. The standard InChI is InChI=1S/C11H11BrN4/c12-9-3-1-2-8(6-9)7-11-14-5-4-10(15-11)16-13/h1-6H,7,13H2,(H,14,15,16). The molecule has 0 aliphatic rings. The Morgan fingerprint density at radius 2 is 2.19 bits per heavy atom. The highest BCUT2D eigenvalue weighted by Crippen LogP contribution is 2.14. The van der Waals surface area contributed by atoms with Crippen LogP contribution in [-0.2, 0) is 6.42 Å². The van der Waals surface area contributed by atoms with E-state index >= 15 is 0 Å². The SMILES string of the molecule is NNc1ccnc(Cc2cccc(Br)c2)n1. The minimum absolute atomic E-state index is 0.625. The van der Waals surface area contributed by atoms with Crippen LogP contribution in [0.15, 0.2) is 41.0 Å². The van der Waals surface area contributed by atoms with Gasteiger partial charge in [-0.05, 0) is 17.7 Å². The molecule has 1 heterocycles. The highest BCUT2D eigenvalue weighted by atomic mass is 79.9. The van der Waals surface area contributed by atoms with E-state index < -0.39 is 0 Å². The molecule has 0 fully saturated rings. The number of rotatable bonds is 3. The fourth-order valence-corrected chi connectivity index (χ4v) is 1.84.